The van der Waals surface area contributed by atoms with Gasteiger partial charge in [-0.15, -0.1) is 11.6 Å². The lowest BCUT2D eigenvalue weighted by Gasteiger charge is -2.03. The molecule has 7 heteroatoms. The van der Waals surface area contributed by atoms with Crippen LogP contribution in [0.15, 0.2) is 0 Å². The van der Waals surface area contributed by atoms with Gasteiger partial charge in [-0.1, -0.05) is 6.92 Å². The van der Waals surface area contributed by atoms with Gasteiger partial charge in [0, 0.05) is 5.75 Å². The standard InChI is InChI=1S/C8H13ClO5S/c1-2-15(12,13)4-3-14-8(11)5-7(10)6-9/h2-6H2,1H3. The highest BCUT2D eigenvalue weighted by Crippen LogP contribution is 1.94. The maximum Gasteiger partial charge on any atom is 0.313 e. The minimum absolute atomic E-state index is 0.00512. The number of esters is 1. The molecule has 15 heavy (non-hydrogen) atoms. The van der Waals surface area contributed by atoms with E-state index in [0.717, 1.165) is 0 Å². The minimum Gasteiger partial charge on any atom is -0.464 e. The lowest BCUT2D eigenvalue weighted by Crippen LogP contribution is -2.18. The molecule has 0 unspecified atom stereocenters. The van der Waals surface area contributed by atoms with E-state index in [1.54, 1.807) is 0 Å². The SMILES string of the molecule is CCS(=O)(=O)CCOC(=O)CC(=O)CCl. The smallest absolute Gasteiger partial charge is 0.313 e. The van der Waals surface area contributed by atoms with Gasteiger partial charge >= 0.3 is 5.97 Å². The van der Waals surface area contributed by atoms with Crippen molar-refractivity contribution < 1.29 is 22.7 Å². The topological polar surface area (TPSA) is 77.5 Å². The van der Waals surface area contributed by atoms with Gasteiger partial charge in [0.1, 0.15) is 13.0 Å². The van der Waals surface area contributed by atoms with Crippen molar-refractivity contribution in [2.45, 2.75) is 13.3 Å². The van der Waals surface area contributed by atoms with E-state index < -0.39 is 28.0 Å². The normalized spacial score (nSPS) is 11.1. The predicted molar refractivity (Wildman–Crippen MR) is 55.6 cm³/mol. The van der Waals surface area contributed by atoms with Crippen LogP contribution in [0, 0.1) is 0 Å². The quantitative estimate of drug-likeness (QED) is 0.368. The first-order valence-corrected chi connectivity index (χ1v) is 6.70. The molecule has 0 radical (unpaired) electrons. The third-order valence-corrected chi connectivity index (χ3v) is 3.55. The number of sulfone groups is 1. The third-order valence-electron chi connectivity index (χ3n) is 1.59. The summed E-state index contributed by atoms with van der Waals surface area (Å²) >= 11 is 5.17. The number of carbonyl (C=O) groups is 2. The second kappa shape index (κ2) is 6.79. The summed E-state index contributed by atoms with van der Waals surface area (Å²) in [7, 11) is -3.14. The summed E-state index contributed by atoms with van der Waals surface area (Å²) in [5, 5.41) is 0. The van der Waals surface area contributed by atoms with Gasteiger partial charge in [-0.05, 0) is 0 Å². The van der Waals surface area contributed by atoms with Gasteiger partial charge in [0.05, 0.1) is 11.6 Å². The van der Waals surface area contributed by atoms with Crippen LogP contribution in [0.25, 0.3) is 0 Å². The van der Waals surface area contributed by atoms with Crippen LogP contribution in [0.4, 0.5) is 0 Å². The van der Waals surface area contributed by atoms with Gasteiger partial charge in [-0.2, -0.15) is 0 Å². The van der Waals surface area contributed by atoms with Crippen molar-refractivity contribution in [1.29, 1.82) is 0 Å². The predicted octanol–water partition coefficient (Wildman–Crippen LogP) is 0.162. The summed E-state index contributed by atoms with van der Waals surface area (Å²) in [5.41, 5.74) is 0. The van der Waals surface area contributed by atoms with Crippen molar-refractivity contribution in [2.75, 3.05) is 24.0 Å². The summed E-state index contributed by atoms with van der Waals surface area (Å²) in [5.74, 6) is -1.65. The second-order valence-corrected chi connectivity index (χ2v) is 5.55. The van der Waals surface area contributed by atoms with Crippen molar-refractivity contribution in [3.8, 4) is 0 Å². The Bertz CT molecular complexity index is 322. The molecule has 0 fully saturated rings. The number of alkyl halides is 1. The van der Waals surface area contributed by atoms with Crippen LogP contribution < -0.4 is 0 Å². The zero-order valence-corrected chi connectivity index (χ0v) is 9.94. The average Bonchev–Trinajstić information content (AvgIpc) is 2.17. The number of ether oxygens (including phenoxy) is 1. The van der Waals surface area contributed by atoms with E-state index in [4.69, 9.17) is 11.6 Å². The molecular weight excluding hydrogens is 244 g/mol. The average molecular weight is 257 g/mol. The Balaban J connectivity index is 3.79. The minimum atomic E-state index is -3.14. The van der Waals surface area contributed by atoms with E-state index in [0.29, 0.717) is 0 Å². The molecule has 0 aromatic carbocycles. The van der Waals surface area contributed by atoms with E-state index in [-0.39, 0.29) is 24.0 Å². The second-order valence-electron chi connectivity index (χ2n) is 2.81. The summed E-state index contributed by atoms with van der Waals surface area (Å²) in [6.45, 7) is 1.29. The van der Waals surface area contributed by atoms with Crippen LogP contribution in [-0.4, -0.2) is 44.2 Å². The highest BCUT2D eigenvalue weighted by molar-refractivity contribution is 7.91. The number of rotatable bonds is 7. The van der Waals surface area contributed by atoms with Crippen LogP contribution in [0.1, 0.15) is 13.3 Å². The number of hydrogen-bond acceptors (Lipinski definition) is 5. The molecule has 0 spiro atoms. The van der Waals surface area contributed by atoms with E-state index in [1.165, 1.54) is 6.92 Å². The lowest BCUT2D eigenvalue weighted by molar-refractivity contribution is -0.145. The maximum atomic E-state index is 11.0. The lowest BCUT2D eigenvalue weighted by atomic mass is 10.3. The van der Waals surface area contributed by atoms with Crippen LogP contribution in [0.2, 0.25) is 0 Å². The molecule has 0 aromatic heterocycles. The molecule has 0 rings (SSSR count). The van der Waals surface area contributed by atoms with Gasteiger partial charge in [0.25, 0.3) is 0 Å². The van der Waals surface area contributed by atoms with Crippen molar-refractivity contribution in [3.63, 3.8) is 0 Å². The molecule has 0 heterocycles. The largest absolute Gasteiger partial charge is 0.464 e. The van der Waals surface area contributed by atoms with Gasteiger partial charge in [0.2, 0.25) is 0 Å². The molecule has 5 nitrogen and oxygen atoms in total. The molecule has 0 aliphatic carbocycles. The zero-order valence-electron chi connectivity index (χ0n) is 8.36. The van der Waals surface area contributed by atoms with Gasteiger partial charge in [-0.25, -0.2) is 8.42 Å². The van der Waals surface area contributed by atoms with Gasteiger partial charge in [-0.3, -0.25) is 9.59 Å². The van der Waals surface area contributed by atoms with Crippen LogP contribution in [-0.2, 0) is 24.2 Å². The first kappa shape index (κ1) is 14.4. The molecule has 0 aliphatic heterocycles. The Kier molecular flexibility index (Phi) is 6.51. The summed E-state index contributed by atoms with van der Waals surface area (Å²) in [6.07, 6.45) is -0.407. The first-order valence-electron chi connectivity index (χ1n) is 4.35. The molecule has 0 N–H and O–H groups in total. The fraction of sp³-hybridized carbons (Fsp3) is 0.750. The van der Waals surface area contributed by atoms with E-state index in [1.807, 2.05) is 0 Å². The molecule has 0 aromatic rings. The summed E-state index contributed by atoms with van der Waals surface area (Å²) in [4.78, 5) is 21.6. The van der Waals surface area contributed by atoms with Crippen molar-refractivity contribution in [3.05, 3.63) is 0 Å². The zero-order chi connectivity index (χ0) is 11.9. The van der Waals surface area contributed by atoms with Crippen LogP contribution >= 0.6 is 11.6 Å². The Labute approximate surface area is 93.7 Å². The van der Waals surface area contributed by atoms with E-state index in [2.05, 4.69) is 4.74 Å². The molecule has 0 aliphatic rings. The van der Waals surface area contributed by atoms with Gasteiger partial charge < -0.3 is 4.74 Å². The van der Waals surface area contributed by atoms with Crippen LogP contribution in [0.5, 0.6) is 0 Å². The van der Waals surface area contributed by atoms with Crippen molar-refractivity contribution in [1.82, 2.24) is 0 Å². The highest BCUT2D eigenvalue weighted by Gasteiger charge is 2.12. The molecule has 0 bridgehead atoms. The molecule has 0 saturated heterocycles. The van der Waals surface area contributed by atoms with Gasteiger partial charge in [0.15, 0.2) is 15.6 Å². The summed E-state index contributed by atoms with van der Waals surface area (Å²) in [6, 6.07) is 0. The molecule has 0 amide bonds. The van der Waals surface area contributed by atoms with E-state index in [9.17, 15) is 18.0 Å². The number of hydrogen-bond donors (Lipinski definition) is 0. The fourth-order valence-corrected chi connectivity index (χ4v) is 1.41. The maximum absolute atomic E-state index is 11.0. The fourth-order valence-electron chi connectivity index (χ4n) is 0.686. The van der Waals surface area contributed by atoms with Crippen molar-refractivity contribution >= 4 is 33.2 Å². The summed E-state index contributed by atoms with van der Waals surface area (Å²) < 4.78 is 26.5. The first-order chi connectivity index (χ1) is 6.91. The number of halogens is 1. The highest BCUT2D eigenvalue weighted by atomic mass is 35.5. The Morgan fingerprint density at radius 2 is 1.93 bits per heavy atom. The third kappa shape index (κ3) is 7.33. The molecular formula is C8H13ClO5S. The Morgan fingerprint density at radius 1 is 1.33 bits per heavy atom. The molecule has 0 atom stereocenters. The van der Waals surface area contributed by atoms with Crippen LogP contribution in [0.3, 0.4) is 0 Å². The number of carbonyl (C=O) groups excluding carboxylic acids is 2. The Morgan fingerprint density at radius 3 is 2.40 bits per heavy atom. The number of Topliss-reactive ketones (excluding diaryl/α,β-unsaturated/α-hetero) is 1. The van der Waals surface area contributed by atoms with Crippen molar-refractivity contribution in [2.24, 2.45) is 0 Å². The molecule has 88 valence electrons. The monoisotopic (exact) mass is 256 g/mol. The molecule has 0 saturated carbocycles. The Hall–Kier alpha value is -0.620. The van der Waals surface area contributed by atoms with E-state index >= 15 is 0 Å². The number of ketones is 1.